The van der Waals surface area contributed by atoms with E-state index in [0.29, 0.717) is 6.54 Å². The number of rotatable bonds is 9. The van der Waals surface area contributed by atoms with Crippen molar-refractivity contribution in [1.29, 1.82) is 0 Å². The van der Waals surface area contributed by atoms with Crippen molar-refractivity contribution < 1.29 is 4.92 Å². The van der Waals surface area contributed by atoms with Crippen molar-refractivity contribution in [3.05, 3.63) is 10.1 Å². The molecule has 4 N–H and O–H groups in total. The van der Waals surface area contributed by atoms with E-state index < -0.39 is 0 Å². The van der Waals surface area contributed by atoms with Crippen LogP contribution in [0.2, 0.25) is 0 Å². The second kappa shape index (κ2) is 8.86. The van der Waals surface area contributed by atoms with Crippen LogP contribution in [0.25, 0.3) is 0 Å². The van der Waals surface area contributed by atoms with E-state index >= 15 is 0 Å². The Bertz CT molecular complexity index is 154. The summed E-state index contributed by atoms with van der Waals surface area (Å²) in [5.41, 5.74) is 5.34. The Morgan fingerprint density at radius 2 is 1.79 bits per heavy atom. The molecule has 0 aliphatic rings. The highest BCUT2D eigenvalue weighted by Gasteiger charge is 2.02. The first-order chi connectivity index (χ1) is 6.66. The summed E-state index contributed by atoms with van der Waals surface area (Å²) in [6.45, 7) is 1.69. The first-order valence-corrected chi connectivity index (χ1v) is 4.98. The van der Waals surface area contributed by atoms with Crippen molar-refractivity contribution in [3.8, 4) is 0 Å². The van der Waals surface area contributed by atoms with Gasteiger partial charge in [-0.1, -0.05) is 12.8 Å². The minimum Gasteiger partial charge on any atom is -0.330 e. The summed E-state index contributed by atoms with van der Waals surface area (Å²) in [7, 11) is 0. The van der Waals surface area contributed by atoms with E-state index in [2.05, 4.69) is 0 Å². The van der Waals surface area contributed by atoms with Crippen LogP contribution in [-0.4, -0.2) is 36.1 Å². The van der Waals surface area contributed by atoms with Gasteiger partial charge in [-0.25, -0.2) is 5.01 Å². The van der Waals surface area contributed by atoms with Gasteiger partial charge in [0.25, 0.3) is 0 Å². The minimum absolute atomic E-state index is 0.0840. The molecule has 0 radical (unpaired) electrons. The number of hydrogen-bond donors (Lipinski definition) is 2. The van der Waals surface area contributed by atoms with Gasteiger partial charge in [0.05, 0.1) is 6.54 Å². The van der Waals surface area contributed by atoms with Gasteiger partial charge in [0.15, 0.2) is 0 Å². The molecule has 0 aromatic rings. The molecule has 0 aliphatic heterocycles. The monoisotopic (exact) mass is 204 g/mol. The Balaban J connectivity index is 3.18. The molecule has 0 unspecified atom stereocenters. The van der Waals surface area contributed by atoms with Gasteiger partial charge in [0.1, 0.15) is 0 Å². The van der Waals surface area contributed by atoms with E-state index in [1.807, 2.05) is 0 Å². The normalized spacial score (nSPS) is 10.8. The fraction of sp³-hybridized carbons (Fsp3) is 1.00. The molecule has 84 valence electrons. The summed E-state index contributed by atoms with van der Waals surface area (Å²) >= 11 is 0. The van der Waals surface area contributed by atoms with Gasteiger partial charge >= 0.3 is 0 Å². The van der Waals surface area contributed by atoms with Gasteiger partial charge in [-0.3, -0.25) is 16.0 Å². The Morgan fingerprint density at radius 1 is 1.14 bits per heavy atom. The molecule has 6 nitrogen and oxygen atoms in total. The smallest absolute Gasteiger partial charge is 0.217 e. The van der Waals surface area contributed by atoms with Gasteiger partial charge in [0.2, 0.25) is 6.54 Å². The number of hydrazine groups is 1. The van der Waals surface area contributed by atoms with E-state index in [9.17, 15) is 10.1 Å². The van der Waals surface area contributed by atoms with Gasteiger partial charge in [0, 0.05) is 11.5 Å². The lowest BCUT2D eigenvalue weighted by Crippen LogP contribution is -2.36. The number of hydrogen-bond acceptors (Lipinski definition) is 5. The number of nitrogens with two attached hydrogens (primary N) is 2. The van der Waals surface area contributed by atoms with Crippen molar-refractivity contribution in [2.75, 3.05) is 26.2 Å². The Hall–Kier alpha value is -0.720. The lowest BCUT2D eigenvalue weighted by molar-refractivity contribution is -0.480. The number of unbranched alkanes of at least 4 members (excludes halogenated alkanes) is 3. The Labute approximate surface area is 84.4 Å². The molecule has 0 aliphatic carbocycles. The van der Waals surface area contributed by atoms with E-state index in [1.165, 1.54) is 5.01 Å². The molecular formula is C8H20N4O2. The average molecular weight is 204 g/mol. The third-order valence-electron chi connectivity index (χ3n) is 1.97. The lowest BCUT2D eigenvalue weighted by Gasteiger charge is -2.13. The van der Waals surface area contributed by atoms with Crippen molar-refractivity contribution in [2.45, 2.75) is 25.7 Å². The van der Waals surface area contributed by atoms with Crippen molar-refractivity contribution in [1.82, 2.24) is 5.01 Å². The third kappa shape index (κ3) is 9.37. The fourth-order valence-electron chi connectivity index (χ4n) is 1.13. The second-order valence-corrected chi connectivity index (χ2v) is 3.30. The molecule has 14 heavy (non-hydrogen) atoms. The maximum atomic E-state index is 10.0. The molecule has 0 bridgehead atoms. The minimum atomic E-state index is -0.353. The van der Waals surface area contributed by atoms with Crippen LogP contribution in [0.3, 0.4) is 0 Å². The molecule has 0 aromatic heterocycles. The number of nitrogens with zero attached hydrogens (tertiary/aromatic N) is 2. The molecule has 0 rings (SSSR count). The molecule has 0 atom stereocenters. The van der Waals surface area contributed by atoms with Gasteiger partial charge in [-0.05, 0) is 19.4 Å². The largest absolute Gasteiger partial charge is 0.330 e. The average Bonchev–Trinajstić information content (AvgIpc) is 2.14. The van der Waals surface area contributed by atoms with Crippen LogP contribution in [0.1, 0.15) is 25.7 Å². The molecular weight excluding hydrogens is 184 g/mol. The zero-order valence-electron chi connectivity index (χ0n) is 8.52. The zero-order valence-corrected chi connectivity index (χ0v) is 8.52. The van der Waals surface area contributed by atoms with E-state index in [4.69, 9.17) is 11.6 Å². The molecule has 6 heteroatoms. The van der Waals surface area contributed by atoms with Crippen LogP contribution in [-0.2, 0) is 0 Å². The highest BCUT2D eigenvalue weighted by Crippen LogP contribution is 1.98. The molecule has 0 saturated carbocycles. The van der Waals surface area contributed by atoms with Crippen molar-refractivity contribution in [3.63, 3.8) is 0 Å². The first-order valence-electron chi connectivity index (χ1n) is 4.98. The SMILES string of the molecule is NCCCCCCN(N)CC[N+](=O)[O-]. The van der Waals surface area contributed by atoms with E-state index in [1.54, 1.807) is 0 Å². The molecule has 0 amide bonds. The summed E-state index contributed by atoms with van der Waals surface area (Å²) in [6.07, 6.45) is 4.22. The highest BCUT2D eigenvalue weighted by molar-refractivity contribution is 4.50. The van der Waals surface area contributed by atoms with Crippen LogP contribution in [0.4, 0.5) is 0 Å². The first kappa shape index (κ1) is 13.3. The predicted octanol–water partition coefficient (Wildman–Crippen LogP) is -0.0421. The Morgan fingerprint density at radius 3 is 2.36 bits per heavy atom. The van der Waals surface area contributed by atoms with E-state index in [-0.39, 0.29) is 11.5 Å². The molecule has 0 heterocycles. The number of nitro groups is 1. The second-order valence-electron chi connectivity index (χ2n) is 3.30. The van der Waals surface area contributed by atoms with Gasteiger partial charge < -0.3 is 5.73 Å². The quantitative estimate of drug-likeness (QED) is 0.237. The van der Waals surface area contributed by atoms with Crippen molar-refractivity contribution >= 4 is 0 Å². The standard InChI is InChI=1S/C8H20N4O2/c9-5-3-1-2-4-6-11(10)7-8-12(13)14/h1-10H2. The molecule has 0 fully saturated rings. The third-order valence-corrected chi connectivity index (χ3v) is 1.97. The summed E-state index contributed by atoms with van der Waals surface area (Å²) in [5.74, 6) is 5.54. The van der Waals surface area contributed by atoms with Gasteiger partial charge in [-0.2, -0.15) is 0 Å². The summed E-state index contributed by atoms with van der Waals surface area (Å²) in [4.78, 5) is 9.68. The van der Waals surface area contributed by atoms with Crippen LogP contribution >= 0.6 is 0 Å². The zero-order chi connectivity index (χ0) is 10.8. The molecule has 0 aromatic carbocycles. The lowest BCUT2D eigenvalue weighted by atomic mass is 10.2. The van der Waals surface area contributed by atoms with Gasteiger partial charge in [-0.15, -0.1) is 0 Å². The Kier molecular flexibility index (Phi) is 8.40. The van der Waals surface area contributed by atoms with Crippen LogP contribution in [0.5, 0.6) is 0 Å². The van der Waals surface area contributed by atoms with E-state index in [0.717, 1.165) is 38.8 Å². The fourth-order valence-corrected chi connectivity index (χ4v) is 1.13. The maximum Gasteiger partial charge on any atom is 0.217 e. The maximum absolute atomic E-state index is 10.0. The van der Waals surface area contributed by atoms with Crippen molar-refractivity contribution in [2.24, 2.45) is 11.6 Å². The molecule has 0 spiro atoms. The van der Waals surface area contributed by atoms with Crippen LogP contribution < -0.4 is 11.6 Å². The topological polar surface area (TPSA) is 98.4 Å². The molecule has 0 saturated heterocycles. The predicted molar refractivity (Wildman–Crippen MR) is 55.1 cm³/mol. The highest BCUT2D eigenvalue weighted by atomic mass is 16.6. The summed E-state index contributed by atoms with van der Waals surface area (Å²) in [5, 5.41) is 11.5. The van der Waals surface area contributed by atoms with Crippen LogP contribution in [0.15, 0.2) is 0 Å². The van der Waals surface area contributed by atoms with Crippen LogP contribution in [0, 0.1) is 10.1 Å². The summed E-state index contributed by atoms with van der Waals surface area (Å²) in [6, 6.07) is 0. The summed E-state index contributed by atoms with van der Waals surface area (Å²) < 4.78 is 0.